The molecule has 0 bridgehead atoms. The summed E-state index contributed by atoms with van der Waals surface area (Å²) in [5.41, 5.74) is 0.480. The zero-order valence-corrected chi connectivity index (χ0v) is 17.1. The van der Waals surface area contributed by atoms with E-state index in [1.165, 1.54) is 11.8 Å². The number of halogens is 1. The molecule has 10 heteroatoms. The molecular formula is C19H18ClN5O3S. The van der Waals surface area contributed by atoms with Crippen molar-refractivity contribution >= 4 is 46.8 Å². The maximum absolute atomic E-state index is 12.6. The van der Waals surface area contributed by atoms with Gasteiger partial charge in [-0.3, -0.25) is 19.3 Å². The number of aromatic nitrogens is 3. The number of nitrogens with zero attached hydrogens (tertiary/aromatic N) is 4. The summed E-state index contributed by atoms with van der Waals surface area (Å²) in [7, 11) is 1.81. The lowest BCUT2D eigenvalue weighted by atomic mass is 9.85. The van der Waals surface area contributed by atoms with E-state index in [-0.39, 0.29) is 30.2 Å². The van der Waals surface area contributed by atoms with E-state index in [1.807, 2.05) is 19.2 Å². The molecule has 4 rings (SSSR count). The Hall–Kier alpha value is -2.65. The topological polar surface area (TPSA) is 97.2 Å². The number of carbonyl (C=O) groups is 3. The highest BCUT2D eigenvalue weighted by Crippen LogP contribution is 2.36. The summed E-state index contributed by atoms with van der Waals surface area (Å²) in [6.07, 6.45) is 6.49. The van der Waals surface area contributed by atoms with Crippen LogP contribution in [0, 0.1) is 11.8 Å². The molecule has 3 amide bonds. The van der Waals surface area contributed by atoms with Crippen molar-refractivity contribution in [1.29, 1.82) is 0 Å². The molecule has 1 saturated heterocycles. The molecule has 1 aliphatic carbocycles. The number of anilines is 1. The van der Waals surface area contributed by atoms with Crippen molar-refractivity contribution in [3.8, 4) is 0 Å². The largest absolute Gasteiger partial charge is 0.323 e. The molecule has 8 nitrogen and oxygen atoms in total. The second-order valence-electron chi connectivity index (χ2n) is 6.93. The van der Waals surface area contributed by atoms with Crippen LogP contribution in [0.2, 0.25) is 5.02 Å². The van der Waals surface area contributed by atoms with Crippen molar-refractivity contribution in [2.45, 2.75) is 22.9 Å². The van der Waals surface area contributed by atoms with E-state index in [0.717, 1.165) is 9.80 Å². The van der Waals surface area contributed by atoms with E-state index in [0.29, 0.717) is 28.7 Å². The van der Waals surface area contributed by atoms with Gasteiger partial charge >= 0.3 is 0 Å². The van der Waals surface area contributed by atoms with Gasteiger partial charge in [-0.25, -0.2) is 0 Å². The molecule has 29 heavy (non-hydrogen) atoms. The monoisotopic (exact) mass is 431 g/mol. The number of allylic oxidation sites excluding steroid dienone is 2. The standard InChI is InChI=1S/C19H18ClN5O3S/c1-24-10-21-23-19(24)29-15-7-6-11(20)8-14(15)22-16(26)9-25-17(27)12-4-2-3-5-13(12)18(25)28/h2-3,6-8,10,12-13H,4-5,9H2,1H3,(H,22,26)/t12-,13+. The van der Waals surface area contributed by atoms with Crippen LogP contribution in [-0.4, -0.2) is 43.9 Å². The number of hydrogen-bond acceptors (Lipinski definition) is 6. The zero-order valence-electron chi connectivity index (χ0n) is 15.5. The summed E-state index contributed by atoms with van der Waals surface area (Å²) >= 11 is 7.41. The Bertz CT molecular complexity index is 995. The fourth-order valence-electron chi connectivity index (χ4n) is 3.51. The number of amides is 3. The number of rotatable bonds is 5. The van der Waals surface area contributed by atoms with Gasteiger partial charge in [0, 0.05) is 17.0 Å². The molecule has 0 saturated carbocycles. The van der Waals surface area contributed by atoms with Crippen LogP contribution in [0.25, 0.3) is 0 Å². The summed E-state index contributed by atoms with van der Waals surface area (Å²) in [6.45, 7) is -0.314. The minimum Gasteiger partial charge on any atom is -0.323 e. The first kappa shape index (κ1) is 19.7. The quantitative estimate of drug-likeness (QED) is 0.577. The van der Waals surface area contributed by atoms with E-state index < -0.39 is 5.91 Å². The Morgan fingerprint density at radius 3 is 2.55 bits per heavy atom. The lowest BCUT2D eigenvalue weighted by molar-refractivity contribution is -0.142. The highest BCUT2D eigenvalue weighted by Gasteiger charge is 2.47. The van der Waals surface area contributed by atoms with Gasteiger partial charge in [-0.15, -0.1) is 10.2 Å². The van der Waals surface area contributed by atoms with Gasteiger partial charge in [0.25, 0.3) is 0 Å². The normalized spacial score (nSPS) is 20.8. The van der Waals surface area contributed by atoms with Crippen LogP contribution in [0.3, 0.4) is 0 Å². The molecule has 2 atom stereocenters. The van der Waals surface area contributed by atoms with Gasteiger partial charge in [0.15, 0.2) is 5.16 Å². The number of aryl methyl sites for hydroxylation is 1. The molecule has 1 N–H and O–H groups in total. The van der Waals surface area contributed by atoms with Crippen LogP contribution in [-0.2, 0) is 21.4 Å². The van der Waals surface area contributed by atoms with Crippen molar-refractivity contribution < 1.29 is 14.4 Å². The minimum atomic E-state index is -0.458. The van der Waals surface area contributed by atoms with Gasteiger partial charge in [0.05, 0.1) is 17.5 Å². The van der Waals surface area contributed by atoms with Crippen LogP contribution in [0.1, 0.15) is 12.8 Å². The van der Waals surface area contributed by atoms with E-state index in [9.17, 15) is 14.4 Å². The number of fused-ring (bicyclic) bond motifs is 1. The first-order valence-corrected chi connectivity index (χ1v) is 10.2. The molecule has 2 heterocycles. The van der Waals surface area contributed by atoms with Crippen LogP contribution in [0.4, 0.5) is 5.69 Å². The van der Waals surface area contributed by atoms with Gasteiger partial charge in [-0.05, 0) is 42.8 Å². The molecule has 1 aliphatic heterocycles. The van der Waals surface area contributed by atoms with Crippen molar-refractivity contribution in [2.75, 3.05) is 11.9 Å². The smallest absolute Gasteiger partial charge is 0.244 e. The number of benzene rings is 1. The summed E-state index contributed by atoms with van der Waals surface area (Å²) < 4.78 is 1.75. The highest BCUT2D eigenvalue weighted by molar-refractivity contribution is 7.99. The van der Waals surface area contributed by atoms with Gasteiger partial charge in [0.1, 0.15) is 12.9 Å². The second kappa shape index (κ2) is 8.00. The third-order valence-corrected chi connectivity index (χ3v) is 6.35. The number of imide groups is 1. The fraction of sp³-hybridized carbons (Fsp3) is 0.316. The Kier molecular flexibility index (Phi) is 5.42. The molecule has 0 radical (unpaired) electrons. The van der Waals surface area contributed by atoms with Crippen LogP contribution in [0.15, 0.2) is 46.7 Å². The molecule has 150 valence electrons. The summed E-state index contributed by atoms with van der Waals surface area (Å²) in [4.78, 5) is 39.5. The Morgan fingerprint density at radius 1 is 1.24 bits per heavy atom. The average Bonchev–Trinajstić information content (AvgIpc) is 3.21. The van der Waals surface area contributed by atoms with Crippen molar-refractivity contribution in [3.63, 3.8) is 0 Å². The van der Waals surface area contributed by atoms with Gasteiger partial charge in [0.2, 0.25) is 17.7 Å². The van der Waals surface area contributed by atoms with Crippen molar-refractivity contribution in [3.05, 3.63) is 41.7 Å². The maximum Gasteiger partial charge on any atom is 0.244 e. The summed E-state index contributed by atoms with van der Waals surface area (Å²) in [5, 5.41) is 11.7. The summed E-state index contributed by atoms with van der Waals surface area (Å²) in [6, 6.07) is 5.10. The number of carbonyl (C=O) groups excluding carboxylic acids is 3. The highest BCUT2D eigenvalue weighted by atomic mass is 35.5. The van der Waals surface area contributed by atoms with E-state index in [2.05, 4.69) is 15.5 Å². The molecule has 0 spiro atoms. The van der Waals surface area contributed by atoms with Gasteiger partial charge in [-0.2, -0.15) is 0 Å². The molecule has 2 aromatic rings. The van der Waals surface area contributed by atoms with Crippen molar-refractivity contribution in [1.82, 2.24) is 19.7 Å². The number of nitrogens with one attached hydrogen (secondary N) is 1. The molecular weight excluding hydrogens is 414 g/mol. The lowest BCUT2D eigenvalue weighted by Gasteiger charge is -2.16. The predicted octanol–water partition coefficient (Wildman–Crippen LogP) is 2.51. The van der Waals surface area contributed by atoms with E-state index in [1.54, 1.807) is 29.1 Å². The van der Waals surface area contributed by atoms with E-state index >= 15 is 0 Å². The Balaban J connectivity index is 1.49. The Morgan fingerprint density at radius 2 is 1.93 bits per heavy atom. The van der Waals surface area contributed by atoms with E-state index in [4.69, 9.17) is 11.6 Å². The molecule has 1 aromatic heterocycles. The van der Waals surface area contributed by atoms with Gasteiger partial charge < -0.3 is 9.88 Å². The molecule has 0 unspecified atom stereocenters. The third kappa shape index (κ3) is 3.92. The van der Waals surface area contributed by atoms with Crippen LogP contribution < -0.4 is 5.32 Å². The minimum absolute atomic E-state index is 0.278. The first-order chi connectivity index (χ1) is 13.9. The van der Waals surface area contributed by atoms with Crippen molar-refractivity contribution in [2.24, 2.45) is 18.9 Å². The Labute approximate surface area is 176 Å². The van der Waals surface area contributed by atoms with Crippen LogP contribution in [0.5, 0.6) is 0 Å². The fourth-order valence-corrected chi connectivity index (χ4v) is 4.51. The zero-order chi connectivity index (χ0) is 20.5. The second-order valence-corrected chi connectivity index (χ2v) is 8.38. The van der Waals surface area contributed by atoms with Gasteiger partial charge in [-0.1, -0.05) is 23.8 Å². The number of likely N-dealkylation sites (tertiary alicyclic amines) is 1. The molecule has 1 aromatic carbocycles. The maximum atomic E-state index is 12.6. The summed E-state index contributed by atoms with van der Waals surface area (Å²) in [5.74, 6) is -1.72. The molecule has 2 aliphatic rings. The predicted molar refractivity (Wildman–Crippen MR) is 107 cm³/mol. The third-order valence-electron chi connectivity index (χ3n) is 4.99. The molecule has 1 fully saturated rings. The number of hydrogen-bond donors (Lipinski definition) is 1. The SMILES string of the molecule is Cn1cnnc1Sc1ccc(Cl)cc1NC(=O)CN1C(=O)[C@H]2CC=CC[C@H]2C1=O. The first-order valence-electron chi connectivity index (χ1n) is 9.05. The lowest BCUT2D eigenvalue weighted by Crippen LogP contribution is -2.38. The van der Waals surface area contributed by atoms with Crippen LogP contribution >= 0.6 is 23.4 Å². The average molecular weight is 432 g/mol.